The van der Waals surface area contributed by atoms with Crippen LogP contribution in [0.1, 0.15) is 13.8 Å². The Morgan fingerprint density at radius 2 is 2.20 bits per heavy atom. The summed E-state index contributed by atoms with van der Waals surface area (Å²) in [5, 5.41) is 0.356. The van der Waals surface area contributed by atoms with Crippen molar-refractivity contribution in [3.05, 3.63) is 9.98 Å². The molecule has 1 N–H and O–H groups in total. The number of nitrogens with zero attached hydrogens (tertiary/aromatic N) is 2. The quantitative estimate of drug-likeness (QED) is 0.923. The van der Waals surface area contributed by atoms with Crippen LogP contribution in [0.25, 0.3) is 0 Å². The fourth-order valence-corrected chi connectivity index (χ4v) is 3.17. The number of anilines is 1. The van der Waals surface area contributed by atoms with Crippen molar-refractivity contribution in [3.63, 3.8) is 0 Å². The fraction of sp³-hybridized carbons (Fsp3) is 0.571. The fourth-order valence-electron chi connectivity index (χ4n) is 0.761. The maximum absolute atomic E-state index is 11.7. The topological polar surface area (TPSA) is 62.3 Å². The third kappa shape index (κ3) is 3.40. The Labute approximate surface area is 102 Å². The van der Waals surface area contributed by atoms with E-state index in [9.17, 15) is 8.42 Å². The minimum Gasteiger partial charge on any atom is -0.246 e. The normalized spacial score (nSPS) is 12.4. The molecule has 0 saturated heterocycles. The summed E-state index contributed by atoms with van der Waals surface area (Å²) in [6, 6.07) is -0.0918. The number of aromatic nitrogens is 1. The molecule has 0 fully saturated rings. The molecule has 0 spiro atoms. The van der Waals surface area contributed by atoms with Crippen LogP contribution in [0.5, 0.6) is 0 Å². The summed E-state index contributed by atoms with van der Waals surface area (Å²) in [6.07, 6.45) is 1.55. The molecule has 0 unspecified atom stereocenters. The van der Waals surface area contributed by atoms with Gasteiger partial charge < -0.3 is 0 Å². The molecule has 0 aliphatic heterocycles. The van der Waals surface area contributed by atoms with E-state index in [2.05, 4.69) is 25.6 Å². The molecule has 0 aliphatic rings. The molecule has 15 heavy (non-hydrogen) atoms. The van der Waals surface area contributed by atoms with Crippen LogP contribution >= 0.6 is 27.3 Å². The first-order valence-electron chi connectivity index (χ1n) is 4.20. The van der Waals surface area contributed by atoms with Crippen molar-refractivity contribution in [2.75, 3.05) is 11.8 Å². The Balaban J connectivity index is 2.81. The molecule has 5 nitrogen and oxygen atoms in total. The highest BCUT2D eigenvalue weighted by molar-refractivity contribution is 9.11. The Morgan fingerprint density at radius 3 is 2.60 bits per heavy atom. The van der Waals surface area contributed by atoms with Gasteiger partial charge in [-0.1, -0.05) is 11.3 Å². The van der Waals surface area contributed by atoms with Crippen molar-refractivity contribution < 1.29 is 8.42 Å². The second-order valence-electron chi connectivity index (χ2n) is 3.19. The first-order valence-corrected chi connectivity index (χ1v) is 7.25. The molecule has 0 aromatic carbocycles. The average Bonchev–Trinajstić information content (AvgIpc) is 2.48. The molecule has 0 bridgehead atoms. The summed E-state index contributed by atoms with van der Waals surface area (Å²) in [6.45, 7) is 3.61. The lowest BCUT2D eigenvalue weighted by atomic mass is 10.4. The molecule has 0 aliphatic carbocycles. The highest BCUT2D eigenvalue weighted by Gasteiger charge is 2.21. The van der Waals surface area contributed by atoms with E-state index in [4.69, 9.17) is 0 Å². The van der Waals surface area contributed by atoms with Gasteiger partial charge in [0.1, 0.15) is 0 Å². The molecule has 1 rings (SSSR count). The first kappa shape index (κ1) is 12.9. The average molecular weight is 314 g/mol. The molecule has 0 amide bonds. The Hall–Kier alpha value is -0.180. The van der Waals surface area contributed by atoms with Gasteiger partial charge in [0.25, 0.3) is 0 Å². The van der Waals surface area contributed by atoms with E-state index in [1.54, 1.807) is 20.0 Å². The lowest BCUT2D eigenvalue weighted by molar-refractivity contribution is 0.414. The first-order chi connectivity index (χ1) is 6.83. The molecule has 86 valence electrons. The van der Waals surface area contributed by atoms with Gasteiger partial charge in [-0.05, 0) is 29.8 Å². The zero-order chi connectivity index (χ0) is 11.6. The molecule has 1 heterocycles. The van der Waals surface area contributed by atoms with Gasteiger partial charge in [0.15, 0.2) is 5.13 Å². The van der Waals surface area contributed by atoms with Crippen LogP contribution in [0.2, 0.25) is 0 Å². The van der Waals surface area contributed by atoms with E-state index in [-0.39, 0.29) is 6.04 Å². The lowest BCUT2D eigenvalue weighted by Gasteiger charge is -2.20. The smallest absolute Gasteiger partial charge is 0.246 e. The molecule has 0 saturated carbocycles. The monoisotopic (exact) mass is 313 g/mol. The molecule has 1 aromatic heterocycles. The summed E-state index contributed by atoms with van der Waals surface area (Å²) in [4.78, 5) is 3.90. The predicted octanol–water partition coefficient (Wildman–Crippen LogP) is 1.90. The van der Waals surface area contributed by atoms with Crippen molar-refractivity contribution in [1.82, 2.24) is 9.29 Å². The zero-order valence-electron chi connectivity index (χ0n) is 8.56. The summed E-state index contributed by atoms with van der Waals surface area (Å²) < 4.78 is 27.9. The van der Waals surface area contributed by atoms with Crippen molar-refractivity contribution in [2.24, 2.45) is 0 Å². The number of nitrogens with one attached hydrogen (secondary N) is 1. The molecular formula is C7H12BrN3O2S2. The SMILES string of the molecule is CC(C)N(C)S(=O)(=O)Nc1ncc(Br)s1. The number of thiazole rings is 1. The van der Waals surface area contributed by atoms with Gasteiger partial charge in [-0.25, -0.2) is 9.71 Å². The molecule has 1 aromatic rings. The van der Waals surface area contributed by atoms with Crippen molar-refractivity contribution in [1.29, 1.82) is 0 Å². The van der Waals surface area contributed by atoms with Crippen LogP contribution in [0, 0.1) is 0 Å². The second kappa shape index (κ2) is 4.77. The van der Waals surface area contributed by atoms with Crippen LogP contribution in [-0.2, 0) is 10.2 Å². The van der Waals surface area contributed by atoms with E-state index in [0.717, 1.165) is 3.79 Å². The summed E-state index contributed by atoms with van der Waals surface area (Å²) in [7, 11) is -1.97. The molecule has 8 heteroatoms. The second-order valence-corrected chi connectivity index (χ2v) is 7.33. The Kier molecular flexibility index (Phi) is 4.10. The van der Waals surface area contributed by atoms with Crippen LogP contribution in [0.3, 0.4) is 0 Å². The van der Waals surface area contributed by atoms with Gasteiger partial charge in [-0.15, -0.1) is 0 Å². The van der Waals surface area contributed by atoms with Crippen LogP contribution in [-0.4, -0.2) is 30.8 Å². The summed E-state index contributed by atoms with van der Waals surface area (Å²) in [5.41, 5.74) is 0. The Morgan fingerprint density at radius 1 is 1.60 bits per heavy atom. The van der Waals surface area contributed by atoms with Gasteiger partial charge in [-0.2, -0.15) is 12.7 Å². The minimum absolute atomic E-state index is 0.0918. The van der Waals surface area contributed by atoms with Crippen molar-refractivity contribution in [2.45, 2.75) is 19.9 Å². The number of hydrogen-bond acceptors (Lipinski definition) is 4. The third-order valence-corrected chi connectivity index (χ3v) is 4.95. The van der Waals surface area contributed by atoms with Crippen LogP contribution < -0.4 is 4.72 Å². The lowest BCUT2D eigenvalue weighted by Crippen LogP contribution is -2.37. The maximum atomic E-state index is 11.7. The highest BCUT2D eigenvalue weighted by atomic mass is 79.9. The third-order valence-electron chi connectivity index (χ3n) is 1.80. The summed E-state index contributed by atoms with van der Waals surface area (Å²) >= 11 is 4.45. The van der Waals surface area contributed by atoms with E-state index in [0.29, 0.717) is 5.13 Å². The van der Waals surface area contributed by atoms with Gasteiger partial charge in [0.2, 0.25) is 0 Å². The standard InChI is InChI=1S/C7H12BrN3O2S2/c1-5(2)11(3)15(12,13)10-7-9-4-6(8)14-7/h4-5H,1-3H3,(H,9,10). The van der Waals surface area contributed by atoms with Crippen molar-refractivity contribution >= 4 is 42.6 Å². The predicted molar refractivity (Wildman–Crippen MR) is 65.3 cm³/mol. The largest absolute Gasteiger partial charge is 0.303 e. The van der Waals surface area contributed by atoms with E-state index in [1.165, 1.54) is 22.7 Å². The maximum Gasteiger partial charge on any atom is 0.303 e. The van der Waals surface area contributed by atoms with Gasteiger partial charge in [0, 0.05) is 13.1 Å². The molecule has 0 radical (unpaired) electrons. The van der Waals surface area contributed by atoms with Crippen LogP contribution in [0.4, 0.5) is 5.13 Å². The van der Waals surface area contributed by atoms with E-state index >= 15 is 0 Å². The zero-order valence-corrected chi connectivity index (χ0v) is 11.8. The van der Waals surface area contributed by atoms with Gasteiger partial charge in [-0.3, -0.25) is 0 Å². The van der Waals surface area contributed by atoms with E-state index < -0.39 is 10.2 Å². The van der Waals surface area contributed by atoms with Gasteiger partial charge in [0.05, 0.1) is 9.98 Å². The number of halogens is 1. The van der Waals surface area contributed by atoms with Crippen LogP contribution in [0.15, 0.2) is 9.98 Å². The van der Waals surface area contributed by atoms with Gasteiger partial charge >= 0.3 is 10.2 Å². The number of hydrogen-bond donors (Lipinski definition) is 1. The highest BCUT2D eigenvalue weighted by Crippen LogP contribution is 2.24. The van der Waals surface area contributed by atoms with Crippen molar-refractivity contribution in [3.8, 4) is 0 Å². The van der Waals surface area contributed by atoms with E-state index in [1.807, 2.05) is 0 Å². The minimum atomic E-state index is -3.49. The Bertz CT molecular complexity index is 429. The number of rotatable bonds is 4. The summed E-state index contributed by atoms with van der Waals surface area (Å²) in [5.74, 6) is 0. The molecular weight excluding hydrogens is 302 g/mol. The molecule has 0 atom stereocenters.